The molecule has 1 heterocycles. The van der Waals surface area contributed by atoms with E-state index in [1.54, 1.807) is 13.3 Å². The quantitative estimate of drug-likeness (QED) is 0.828. The van der Waals surface area contributed by atoms with Crippen LogP contribution in [0.1, 0.15) is 19.3 Å². The molecule has 0 saturated carbocycles. The minimum Gasteiger partial charge on any atom is -0.496 e. The number of unbranched alkanes of at least 4 members (excludes halogenated alkanes) is 1. The first-order chi connectivity index (χ1) is 9.26. The molecular formula is C16H20N2O2Y-2. The van der Waals surface area contributed by atoms with Crippen LogP contribution in [0.25, 0.3) is 10.9 Å². The number of benzene rings is 1. The maximum absolute atomic E-state index is 11.8. The van der Waals surface area contributed by atoms with Crippen LogP contribution in [0, 0.1) is 14.4 Å². The van der Waals surface area contributed by atoms with Crippen molar-refractivity contribution in [3.8, 4) is 5.75 Å². The molecule has 0 aliphatic rings. The van der Waals surface area contributed by atoms with Gasteiger partial charge in [0.1, 0.15) is 5.75 Å². The summed E-state index contributed by atoms with van der Waals surface area (Å²) in [6.45, 7) is 3.73. The zero-order chi connectivity index (χ0) is 13.7. The van der Waals surface area contributed by atoms with E-state index in [1.165, 1.54) is 0 Å². The fourth-order valence-electron chi connectivity index (χ4n) is 1.92. The van der Waals surface area contributed by atoms with Crippen LogP contribution in [0.2, 0.25) is 0 Å². The third-order valence-corrected chi connectivity index (χ3v) is 2.88. The van der Waals surface area contributed by atoms with E-state index >= 15 is 0 Å². The van der Waals surface area contributed by atoms with Crippen molar-refractivity contribution in [1.82, 2.24) is 4.98 Å². The van der Waals surface area contributed by atoms with E-state index in [1.807, 2.05) is 24.3 Å². The summed E-state index contributed by atoms with van der Waals surface area (Å²) >= 11 is 0. The molecule has 1 N–H and O–H groups in total. The van der Waals surface area contributed by atoms with Gasteiger partial charge in [-0.3, -0.25) is 9.78 Å². The normalized spacial score (nSPS) is 9.43. The van der Waals surface area contributed by atoms with Gasteiger partial charge in [0.15, 0.2) is 0 Å². The molecule has 0 spiro atoms. The van der Waals surface area contributed by atoms with Gasteiger partial charge in [-0.1, -0.05) is 6.42 Å². The number of rotatable bonds is 5. The molecular weight excluding hydrogens is 341 g/mol. The first kappa shape index (κ1) is 20.0. The second kappa shape index (κ2) is 9.85. The molecule has 111 valence electrons. The summed E-state index contributed by atoms with van der Waals surface area (Å²) in [5.74, 6) is 0.736. The first-order valence-electron chi connectivity index (χ1n) is 6.27. The molecule has 2 aromatic rings. The third-order valence-electron chi connectivity index (χ3n) is 2.88. The minimum atomic E-state index is -0.0132. The predicted molar refractivity (Wildman–Crippen MR) is 82.5 cm³/mol. The maximum Gasteiger partial charge on any atom is 0.224 e. The van der Waals surface area contributed by atoms with Gasteiger partial charge in [0, 0.05) is 50.7 Å². The molecule has 0 atom stereocenters. The molecule has 1 aromatic carbocycles. The second-order valence-corrected chi connectivity index (χ2v) is 4.22. The molecule has 0 fully saturated rings. The monoisotopic (exact) mass is 361 g/mol. The largest absolute Gasteiger partial charge is 0.496 e. The number of pyridine rings is 1. The molecule has 1 aromatic heterocycles. The molecule has 21 heavy (non-hydrogen) atoms. The topological polar surface area (TPSA) is 51.2 Å². The Morgan fingerprint density at radius 3 is 2.81 bits per heavy atom. The summed E-state index contributed by atoms with van der Waals surface area (Å²) in [7, 11) is 1.62. The molecule has 1 amide bonds. The van der Waals surface area contributed by atoms with Crippen LogP contribution in [-0.4, -0.2) is 18.0 Å². The van der Waals surface area contributed by atoms with Gasteiger partial charge in [-0.2, -0.15) is 6.42 Å². The summed E-state index contributed by atoms with van der Waals surface area (Å²) in [5, 5.41) is 3.78. The van der Waals surface area contributed by atoms with Gasteiger partial charge in [0.25, 0.3) is 0 Å². The number of methoxy groups -OCH3 is 1. The fraction of sp³-hybridized carbons (Fsp3) is 0.250. The Balaban J connectivity index is 0.00000200. The number of nitrogens with one attached hydrogen (secondary N) is 1. The van der Waals surface area contributed by atoms with Gasteiger partial charge >= 0.3 is 0 Å². The number of anilines is 1. The minimum absolute atomic E-state index is 0. The molecule has 0 saturated heterocycles. The van der Waals surface area contributed by atoms with E-state index in [4.69, 9.17) is 4.74 Å². The summed E-state index contributed by atoms with van der Waals surface area (Å²) in [5.41, 5.74) is 1.45. The first-order valence-corrected chi connectivity index (χ1v) is 6.27. The fourth-order valence-corrected chi connectivity index (χ4v) is 1.92. The second-order valence-electron chi connectivity index (χ2n) is 4.22. The predicted octanol–water partition coefficient (Wildman–Crippen LogP) is 3.63. The molecule has 1 radical (unpaired) electrons. The number of amides is 1. The number of hydrogen-bond donors (Lipinski definition) is 1. The number of ether oxygens (including phenoxy) is 1. The number of fused-ring (bicyclic) bond motifs is 1. The Labute approximate surface area is 151 Å². The van der Waals surface area contributed by atoms with Gasteiger partial charge in [0.2, 0.25) is 5.91 Å². The Morgan fingerprint density at radius 2 is 2.14 bits per heavy atom. The van der Waals surface area contributed by atoms with E-state index < -0.39 is 0 Å². The molecule has 0 bridgehead atoms. The van der Waals surface area contributed by atoms with Crippen LogP contribution in [0.5, 0.6) is 5.75 Å². The van der Waals surface area contributed by atoms with Crippen LogP contribution in [0.3, 0.4) is 0 Å². The van der Waals surface area contributed by atoms with E-state index in [-0.39, 0.29) is 46.0 Å². The van der Waals surface area contributed by atoms with Gasteiger partial charge in [-0.15, -0.1) is 0 Å². The summed E-state index contributed by atoms with van der Waals surface area (Å²) in [4.78, 5) is 16.1. The van der Waals surface area contributed by atoms with Crippen LogP contribution >= 0.6 is 0 Å². The van der Waals surface area contributed by atoms with E-state index in [2.05, 4.69) is 17.2 Å². The van der Waals surface area contributed by atoms with Gasteiger partial charge in [-0.25, -0.2) is 0 Å². The SMILES string of the molecule is [CH2-]CCCC(=O)Nc1ccc(OC)c2cccnc12.[CH3-].[Y]. The van der Waals surface area contributed by atoms with Gasteiger partial charge in [-0.05, 0) is 24.3 Å². The van der Waals surface area contributed by atoms with Crippen molar-refractivity contribution in [2.75, 3.05) is 12.4 Å². The molecule has 0 aliphatic heterocycles. The summed E-state index contributed by atoms with van der Waals surface area (Å²) in [6, 6.07) is 7.42. The summed E-state index contributed by atoms with van der Waals surface area (Å²) in [6.07, 6.45) is 3.72. The van der Waals surface area contributed by atoms with Crippen molar-refractivity contribution in [3.05, 3.63) is 44.8 Å². The zero-order valence-electron chi connectivity index (χ0n) is 12.6. The van der Waals surface area contributed by atoms with Crippen LogP contribution in [0.15, 0.2) is 30.5 Å². The molecule has 0 unspecified atom stereocenters. The van der Waals surface area contributed by atoms with Crippen molar-refractivity contribution >= 4 is 22.5 Å². The van der Waals surface area contributed by atoms with Crippen LogP contribution < -0.4 is 10.1 Å². The molecule has 4 nitrogen and oxygen atoms in total. The zero-order valence-corrected chi connectivity index (χ0v) is 15.4. The van der Waals surface area contributed by atoms with Crippen molar-refractivity contribution < 1.29 is 42.2 Å². The standard InChI is InChI=1S/C15H17N2O2.CH3.Y/c1-3-4-7-14(18)17-12-8-9-13(19-2)11-6-5-10-16-15(11)12;;/h5-6,8-10H,1,3-4,7H2,2H3,(H,17,18);1H3;/q2*-1;. The Bertz CT molecular complexity index is 587. The number of nitrogens with zero attached hydrogens (tertiary/aromatic N) is 1. The summed E-state index contributed by atoms with van der Waals surface area (Å²) < 4.78 is 5.29. The Kier molecular flexibility index (Phi) is 9.39. The number of aromatic nitrogens is 1. The average Bonchev–Trinajstić information content (AvgIpc) is 2.45. The van der Waals surface area contributed by atoms with Crippen molar-refractivity contribution in [1.29, 1.82) is 0 Å². The van der Waals surface area contributed by atoms with E-state index in [0.29, 0.717) is 12.1 Å². The van der Waals surface area contributed by atoms with Gasteiger partial charge in [0.05, 0.1) is 18.3 Å². The number of hydrogen-bond acceptors (Lipinski definition) is 3. The average molecular weight is 361 g/mol. The smallest absolute Gasteiger partial charge is 0.224 e. The Hall–Kier alpha value is -0.996. The van der Waals surface area contributed by atoms with E-state index in [9.17, 15) is 4.79 Å². The van der Waals surface area contributed by atoms with Gasteiger partial charge < -0.3 is 24.4 Å². The van der Waals surface area contributed by atoms with E-state index in [0.717, 1.165) is 29.5 Å². The molecule has 5 heteroatoms. The van der Waals surface area contributed by atoms with Crippen molar-refractivity contribution in [3.63, 3.8) is 0 Å². The maximum atomic E-state index is 11.8. The van der Waals surface area contributed by atoms with Crippen LogP contribution in [0.4, 0.5) is 5.69 Å². The Morgan fingerprint density at radius 1 is 1.38 bits per heavy atom. The van der Waals surface area contributed by atoms with Crippen LogP contribution in [-0.2, 0) is 37.5 Å². The van der Waals surface area contributed by atoms with Crippen molar-refractivity contribution in [2.24, 2.45) is 0 Å². The molecule has 0 aliphatic carbocycles. The third kappa shape index (κ3) is 5.04. The number of carbonyl (C=O) groups excluding carboxylic acids is 1. The van der Waals surface area contributed by atoms with Crippen molar-refractivity contribution in [2.45, 2.75) is 19.3 Å². The molecule has 2 rings (SSSR count). The number of carbonyl (C=O) groups is 1.